The molecule has 0 bridgehead atoms. The van der Waals surface area contributed by atoms with Crippen molar-refractivity contribution in [2.75, 3.05) is 16.6 Å². The predicted molar refractivity (Wildman–Crippen MR) is 91.2 cm³/mol. The first-order chi connectivity index (χ1) is 12.7. The molecule has 1 saturated carbocycles. The molecule has 0 radical (unpaired) electrons. The first kappa shape index (κ1) is 14.1. The average molecular weight is 353 g/mol. The van der Waals surface area contributed by atoms with Crippen LogP contribution in [-0.2, 0) is 0 Å². The van der Waals surface area contributed by atoms with E-state index >= 15 is 0 Å². The van der Waals surface area contributed by atoms with Crippen LogP contribution in [-0.4, -0.2) is 33.3 Å². The SMILES string of the molecule is CC1CC1c1noc(N2C=NC3c4ccccc4N4CN(F)C=C4N32)n1. The molecule has 9 heteroatoms. The van der Waals surface area contributed by atoms with Crippen molar-refractivity contribution in [3.05, 3.63) is 47.7 Å². The maximum Gasteiger partial charge on any atom is 0.348 e. The number of rotatable bonds is 2. The Morgan fingerprint density at radius 1 is 1.27 bits per heavy atom. The molecule has 6 rings (SSSR count). The number of benzene rings is 1. The molecule has 0 saturated heterocycles. The standard InChI is InChI=1S/C17H16FN7O/c1-10-6-12(10)15-20-17(26-21-15)24-8-19-16-11-4-2-3-5-13(11)23-9-22(18)7-14(23)25(16)24/h2-5,7-8,10,12,16H,6,9H2,1H3. The van der Waals surface area contributed by atoms with E-state index in [-0.39, 0.29) is 12.8 Å². The number of fused-ring (bicyclic) bond motifs is 6. The Morgan fingerprint density at radius 3 is 2.96 bits per heavy atom. The molecule has 4 heterocycles. The van der Waals surface area contributed by atoms with Crippen molar-refractivity contribution in [2.45, 2.75) is 25.4 Å². The van der Waals surface area contributed by atoms with Gasteiger partial charge in [0.1, 0.15) is 13.0 Å². The number of anilines is 2. The predicted octanol–water partition coefficient (Wildman–Crippen LogP) is 2.73. The van der Waals surface area contributed by atoms with Gasteiger partial charge in [0.2, 0.25) is 0 Å². The van der Waals surface area contributed by atoms with Crippen LogP contribution in [0.4, 0.5) is 16.2 Å². The van der Waals surface area contributed by atoms with Crippen molar-refractivity contribution in [1.82, 2.24) is 20.3 Å². The van der Waals surface area contributed by atoms with Crippen LogP contribution >= 0.6 is 0 Å². The number of hydrogen-bond donors (Lipinski definition) is 0. The van der Waals surface area contributed by atoms with E-state index in [2.05, 4.69) is 22.1 Å². The zero-order valence-corrected chi connectivity index (χ0v) is 14.0. The molecular formula is C17H16FN7O. The largest absolute Gasteiger partial charge is 0.348 e. The van der Waals surface area contributed by atoms with Crippen molar-refractivity contribution >= 4 is 18.0 Å². The molecule has 1 aliphatic carbocycles. The first-order valence-corrected chi connectivity index (χ1v) is 8.66. The summed E-state index contributed by atoms with van der Waals surface area (Å²) in [6, 6.07) is 8.26. The maximum absolute atomic E-state index is 14.0. The van der Waals surface area contributed by atoms with Gasteiger partial charge in [-0.1, -0.05) is 34.8 Å². The van der Waals surface area contributed by atoms with E-state index in [0.29, 0.717) is 28.8 Å². The van der Waals surface area contributed by atoms with Gasteiger partial charge in [0.15, 0.2) is 17.8 Å². The van der Waals surface area contributed by atoms with Gasteiger partial charge in [-0.3, -0.25) is 0 Å². The number of para-hydroxylation sites is 1. The third kappa shape index (κ3) is 1.80. The van der Waals surface area contributed by atoms with E-state index in [1.165, 1.54) is 6.20 Å². The minimum absolute atomic E-state index is 0.137. The van der Waals surface area contributed by atoms with Crippen molar-refractivity contribution in [1.29, 1.82) is 0 Å². The van der Waals surface area contributed by atoms with E-state index in [0.717, 1.165) is 23.5 Å². The first-order valence-electron chi connectivity index (χ1n) is 8.66. The fourth-order valence-electron chi connectivity index (χ4n) is 3.88. The highest BCUT2D eigenvalue weighted by molar-refractivity contribution is 5.79. The number of hydrazine groups is 1. The molecule has 2 aromatic rings. The van der Waals surface area contributed by atoms with Crippen LogP contribution in [0.5, 0.6) is 0 Å². The van der Waals surface area contributed by atoms with Crippen LogP contribution in [0.2, 0.25) is 0 Å². The number of halogens is 1. The van der Waals surface area contributed by atoms with Crippen molar-refractivity contribution in [3.8, 4) is 0 Å². The zero-order valence-electron chi connectivity index (χ0n) is 14.0. The summed E-state index contributed by atoms with van der Waals surface area (Å²) in [4.78, 5) is 11.1. The van der Waals surface area contributed by atoms with Gasteiger partial charge in [-0.2, -0.15) is 15.1 Å². The van der Waals surface area contributed by atoms with Gasteiger partial charge in [0, 0.05) is 11.5 Å². The lowest BCUT2D eigenvalue weighted by Gasteiger charge is -2.41. The molecule has 26 heavy (non-hydrogen) atoms. The Morgan fingerprint density at radius 2 is 2.12 bits per heavy atom. The summed E-state index contributed by atoms with van der Waals surface area (Å²) in [7, 11) is 0. The Kier molecular flexibility index (Phi) is 2.58. The third-order valence-corrected chi connectivity index (χ3v) is 5.40. The monoisotopic (exact) mass is 353 g/mol. The van der Waals surface area contributed by atoms with Gasteiger partial charge >= 0.3 is 6.01 Å². The number of nitrogens with zero attached hydrogens (tertiary/aromatic N) is 7. The second kappa shape index (κ2) is 4.75. The fraction of sp³-hybridized carbons (Fsp3) is 0.353. The van der Waals surface area contributed by atoms with Crippen molar-refractivity contribution in [2.24, 2.45) is 10.9 Å². The molecule has 1 aromatic carbocycles. The Bertz CT molecular complexity index is 956. The summed E-state index contributed by atoms with van der Waals surface area (Å²) in [5.41, 5.74) is 1.96. The van der Waals surface area contributed by atoms with Crippen LogP contribution in [0.3, 0.4) is 0 Å². The van der Waals surface area contributed by atoms with Crippen LogP contribution < -0.4 is 9.91 Å². The van der Waals surface area contributed by atoms with E-state index in [4.69, 9.17) is 4.52 Å². The van der Waals surface area contributed by atoms with Crippen LogP contribution in [0.15, 0.2) is 45.8 Å². The highest BCUT2D eigenvalue weighted by Crippen LogP contribution is 2.48. The van der Waals surface area contributed by atoms with Gasteiger partial charge in [-0.25, -0.2) is 10.0 Å². The lowest BCUT2D eigenvalue weighted by Crippen LogP contribution is -2.46. The van der Waals surface area contributed by atoms with Crippen LogP contribution in [0, 0.1) is 5.92 Å². The molecule has 1 fully saturated rings. The summed E-state index contributed by atoms with van der Waals surface area (Å²) in [6.07, 6.45) is 3.93. The molecule has 1 aromatic heterocycles. The molecule has 4 aliphatic rings. The summed E-state index contributed by atoms with van der Waals surface area (Å²) in [6.45, 7) is 2.31. The number of aromatic nitrogens is 2. The molecule has 0 amide bonds. The Hall–Kier alpha value is -3.10. The number of aliphatic imine (C=N–C) groups is 1. The molecular weight excluding hydrogens is 337 g/mol. The second-order valence-electron chi connectivity index (χ2n) is 7.10. The number of hydrogen-bond acceptors (Lipinski definition) is 8. The van der Waals surface area contributed by atoms with Gasteiger partial charge in [0.25, 0.3) is 0 Å². The smallest absolute Gasteiger partial charge is 0.313 e. The summed E-state index contributed by atoms with van der Waals surface area (Å²) in [5.74, 6) is 2.38. The Balaban J connectivity index is 1.42. The minimum atomic E-state index is -0.282. The topological polar surface area (TPSA) is 64.2 Å². The highest BCUT2D eigenvalue weighted by Gasteiger charge is 2.46. The van der Waals surface area contributed by atoms with E-state index in [1.807, 2.05) is 34.2 Å². The molecule has 0 spiro atoms. The molecule has 132 valence electrons. The zero-order chi connectivity index (χ0) is 17.4. The van der Waals surface area contributed by atoms with E-state index < -0.39 is 0 Å². The molecule has 3 atom stereocenters. The average Bonchev–Trinajstić information content (AvgIpc) is 3.05. The van der Waals surface area contributed by atoms with Gasteiger partial charge in [0.05, 0.1) is 11.9 Å². The lowest BCUT2D eigenvalue weighted by molar-refractivity contribution is 0.104. The molecule has 8 nitrogen and oxygen atoms in total. The summed E-state index contributed by atoms with van der Waals surface area (Å²) >= 11 is 0. The molecule has 0 N–H and O–H groups in total. The third-order valence-electron chi connectivity index (χ3n) is 5.40. The van der Waals surface area contributed by atoms with E-state index in [9.17, 15) is 4.48 Å². The fourth-order valence-corrected chi connectivity index (χ4v) is 3.88. The maximum atomic E-state index is 14.0. The molecule has 3 aliphatic heterocycles. The minimum Gasteiger partial charge on any atom is -0.313 e. The van der Waals surface area contributed by atoms with Crippen molar-refractivity contribution < 1.29 is 9.00 Å². The van der Waals surface area contributed by atoms with Gasteiger partial charge in [-0.05, 0) is 18.4 Å². The quantitative estimate of drug-likeness (QED) is 0.769. The van der Waals surface area contributed by atoms with Gasteiger partial charge in [-0.15, -0.1) is 0 Å². The molecule has 3 unspecified atom stereocenters. The summed E-state index contributed by atoms with van der Waals surface area (Å²) in [5, 5.41) is 8.38. The van der Waals surface area contributed by atoms with E-state index in [1.54, 1.807) is 11.3 Å². The van der Waals surface area contributed by atoms with Crippen LogP contribution in [0.25, 0.3) is 0 Å². The Labute approximate surface area is 148 Å². The lowest BCUT2D eigenvalue weighted by atomic mass is 10.1. The highest BCUT2D eigenvalue weighted by atomic mass is 19.2. The normalized spacial score (nSPS) is 28.2. The summed E-state index contributed by atoms with van der Waals surface area (Å²) < 4.78 is 19.5. The van der Waals surface area contributed by atoms with Crippen molar-refractivity contribution in [3.63, 3.8) is 0 Å². The van der Waals surface area contributed by atoms with Crippen LogP contribution in [0.1, 0.15) is 36.8 Å². The van der Waals surface area contributed by atoms with Gasteiger partial charge < -0.3 is 9.42 Å². The second-order valence-corrected chi connectivity index (χ2v) is 7.10.